The van der Waals surface area contributed by atoms with E-state index in [1.165, 1.54) is 0 Å². The lowest BCUT2D eigenvalue weighted by molar-refractivity contribution is -0.270. The molecule has 0 aliphatic carbocycles. The van der Waals surface area contributed by atoms with Crippen LogP contribution in [0.4, 0.5) is 0 Å². The molecule has 90 valence electrons. The molecular formula is C9H19NO5. The SMILES string of the molecule is CCN(C)[C@H]1C(O)O[C@H](CO)[C@@H](O)[C@@H]1O. The van der Waals surface area contributed by atoms with Crippen molar-refractivity contribution in [1.29, 1.82) is 0 Å². The Hall–Kier alpha value is -0.240. The van der Waals surface area contributed by atoms with E-state index in [0.29, 0.717) is 6.54 Å². The number of hydrogen-bond donors (Lipinski definition) is 4. The zero-order valence-electron chi connectivity index (χ0n) is 8.95. The van der Waals surface area contributed by atoms with Crippen LogP contribution in [-0.4, -0.2) is 76.2 Å². The van der Waals surface area contributed by atoms with Crippen LogP contribution in [0, 0.1) is 0 Å². The smallest absolute Gasteiger partial charge is 0.173 e. The van der Waals surface area contributed by atoms with Gasteiger partial charge in [-0.15, -0.1) is 0 Å². The molecule has 1 aliphatic heterocycles. The molecule has 4 N–H and O–H groups in total. The Morgan fingerprint density at radius 1 is 1.20 bits per heavy atom. The molecule has 1 saturated heterocycles. The van der Waals surface area contributed by atoms with E-state index in [9.17, 15) is 15.3 Å². The lowest BCUT2D eigenvalue weighted by Crippen LogP contribution is -2.63. The van der Waals surface area contributed by atoms with E-state index in [1.807, 2.05) is 6.92 Å². The highest BCUT2D eigenvalue weighted by Gasteiger charge is 2.44. The Morgan fingerprint density at radius 3 is 2.27 bits per heavy atom. The maximum atomic E-state index is 9.77. The van der Waals surface area contributed by atoms with Gasteiger partial charge >= 0.3 is 0 Å². The van der Waals surface area contributed by atoms with E-state index in [2.05, 4.69) is 0 Å². The Labute approximate surface area is 88.7 Å². The molecule has 1 unspecified atom stereocenters. The molecule has 6 nitrogen and oxygen atoms in total. The van der Waals surface area contributed by atoms with Crippen molar-refractivity contribution in [1.82, 2.24) is 4.90 Å². The zero-order chi connectivity index (χ0) is 11.6. The lowest BCUT2D eigenvalue weighted by atomic mass is 9.96. The van der Waals surface area contributed by atoms with Crippen LogP contribution in [-0.2, 0) is 4.74 Å². The highest BCUT2D eigenvalue weighted by Crippen LogP contribution is 2.22. The molecule has 1 heterocycles. The summed E-state index contributed by atoms with van der Waals surface area (Å²) < 4.78 is 5.01. The fourth-order valence-corrected chi connectivity index (χ4v) is 1.77. The Bertz CT molecular complexity index is 203. The first-order chi connectivity index (χ1) is 7.02. The molecule has 0 aromatic carbocycles. The number of ether oxygens (including phenoxy) is 1. The Kier molecular flexibility index (Phi) is 4.45. The van der Waals surface area contributed by atoms with E-state index < -0.39 is 37.3 Å². The summed E-state index contributed by atoms with van der Waals surface area (Å²) in [6.45, 7) is 2.04. The van der Waals surface area contributed by atoms with E-state index in [4.69, 9.17) is 9.84 Å². The first-order valence-electron chi connectivity index (χ1n) is 5.03. The summed E-state index contributed by atoms with van der Waals surface area (Å²) in [5.41, 5.74) is 0. The zero-order valence-corrected chi connectivity index (χ0v) is 8.95. The minimum absolute atomic E-state index is 0.433. The molecule has 1 fully saturated rings. The summed E-state index contributed by atoms with van der Waals surface area (Å²) in [7, 11) is 1.71. The Morgan fingerprint density at radius 2 is 1.80 bits per heavy atom. The van der Waals surface area contributed by atoms with Crippen molar-refractivity contribution < 1.29 is 25.2 Å². The summed E-state index contributed by atoms with van der Waals surface area (Å²) in [6.07, 6.45) is -4.45. The molecule has 1 rings (SSSR count). The average Bonchev–Trinajstić information content (AvgIpc) is 2.23. The van der Waals surface area contributed by atoms with Gasteiger partial charge in [-0.1, -0.05) is 6.92 Å². The molecule has 0 radical (unpaired) electrons. The largest absolute Gasteiger partial charge is 0.394 e. The molecule has 15 heavy (non-hydrogen) atoms. The van der Waals surface area contributed by atoms with Crippen LogP contribution in [0.15, 0.2) is 0 Å². The van der Waals surface area contributed by atoms with Crippen LogP contribution < -0.4 is 0 Å². The number of nitrogens with zero attached hydrogens (tertiary/aromatic N) is 1. The molecule has 0 bridgehead atoms. The molecule has 0 spiro atoms. The molecule has 0 aromatic heterocycles. The molecule has 1 aliphatic rings. The van der Waals surface area contributed by atoms with Gasteiger partial charge in [0.15, 0.2) is 6.29 Å². The first-order valence-corrected chi connectivity index (χ1v) is 5.03. The summed E-state index contributed by atoms with van der Waals surface area (Å²) in [5.74, 6) is 0. The van der Waals surface area contributed by atoms with Gasteiger partial charge in [-0.2, -0.15) is 0 Å². The summed E-state index contributed by atoms with van der Waals surface area (Å²) in [6, 6.07) is -0.673. The summed E-state index contributed by atoms with van der Waals surface area (Å²) in [5, 5.41) is 37.8. The lowest BCUT2D eigenvalue weighted by Gasteiger charge is -2.43. The van der Waals surface area contributed by atoms with E-state index in [1.54, 1.807) is 11.9 Å². The van der Waals surface area contributed by atoms with E-state index in [0.717, 1.165) is 0 Å². The standard InChI is InChI=1S/C9H19NO5/c1-3-10(2)6-8(13)7(12)5(4-11)15-9(6)14/h5-9,11-14H,3-4H2,1-2H3/t5-,6-,7-,8-,9?/m1/s1. The van der Waals surface area contributed by atoms with Crippen LogP contribution in [0.5, 0.6) is 0 Å². The second kappa shape index (κ2) is 5.20. The molecule has 5 atom stereocenters. The topological polar surface area (TPSA) is 93.4 Å². The van der Waals surface area contributed by atoms with Crippen molar-refractivity contribution in [3.8, 4) is 0 Å². The third kappa shape index (κ3) is 2.47. The van der Waals surface area contributed by atoms with Crippen LogP contribution >= 0.6 is 0 Å². The average molecular weight is 221 g/mol. The van der Waals surface area contributed by atoms with Crippen LogP contribution in [0.3, 0.4) is 0 Å². The second-order valence-electron chi connectivity index (χ2n) is 3.79. The van der Waals surface area contributed by atoms with Gasteiger partial charge in [0.1, 0.15) is 18.3 Å². The van der Waals surface area contributed by atoms with Gasteiger partial charge in [-0.3, -0.25) is 4.90 Å². The highest BCUT2D eigenvalue weighted by atomic mass is 16.6. The van der Waals surface area contributed by atoms with Crippen molar-refractivity contribution >= 4 is 0 Å². The van der Waals surface area contributed by atoms with Gasteiger partial charge in [-0.05, 0) is 13.6 Å². The predicted octanol–water partition coefficient (Wildman–Crippen LogP) is -2.26. The Balaban J connectivity index is 2.74. The number of hydrogen-bond acceptors (Lipinski definition) is 6. The number of aliphatic hydroxyl groups is 4. The predicted molar refractivity (Wildman–Crippen MR) is 52.1 cm³/mol. The number of aliphatic hydroxyl groups excluding tert-OH is 4. The van der Waals surface area contributed by atoms with Crippen LogP contribution in [0.1, 0.15) is 6.92 Å². The second-order valence-corrected chi connectivity index (χ2v) is 3.79. The van der Waals surface area contributed by atoms with Gasteiger partial charge < -0.3 is 25.2 Å². The van der Waals surface area contributed by atoms with Crippen molar-refractivity contribution in [2.75, 3.05) is 20.2 Å². The van der Waals surface area contributed by atoms with E-state index in [-0.39, 0.29) is 0 Å². The minimum Gasteiger partial charge on any atom is -0.394 e. The molecular weight excluding hydrogens is 202 g/mol. The van der Waals surface area contributed by atoms with Crippen LogP contribution in [0.2, 0.25) is 0 Å². The van der Waals surface area contributed by atoms with E-state index >= 15 is 0 Å². The van der Waals surface area contributed by atoms with Gasteiger partial charge in [0.25, 0.3) is 0 Å². The van der Waals surface area contributed by atoms with Crippen molar-refractivity contribution in [3.05, 3.63) is 0 Å². The highest BCUT2D eigenvalue weighted by molar-refractivity contribution is 4.92. The van der Waals surface area contributed by atoms with Gasteiger partial charge in [-0.25, -0.2) is 0 Å². The first kappa shape index (κ1) is 12.8. The van der Waals surface area contributed by atoms with Crippen molar-refractivity contribution in [3.63, 3.8) is 0 Å². The summed E-state index contributed by atoms with van der Waals surface area (Å²) >= 11 is 0. The number of likely N-dealkylation sites (N-methyl/N-ethyl adjacent to an activating group) is 1. The minimum atomic E-state index is -1.20. The monoisotopic (exact) mass is 221 g/mol. The van der Waals surface area contributed by atoms with Crippen molar-refractivity contribution in [2.24, 2.45) is 0 Å². The quantitative estimate of drug-likeness (QED) is 0.430. The fraction of sp³-hybridized carbons (Fsp3) is 1.00. The van der Waals surface area contributed by atoms with Gasteiger partial charge in [0, 0.05) is 0 Å². The van der Waals surface area contributed by atoms with Gasteiger partial charge in [0.05, 0.1) is 12.6 Å². The normalized spacial score (nSPS) is 42.2. The maximum absolute atomic E-state index is 9.77. The molecule has 0 amide bonds. The molecule has 6 heteroatoms. The summed E-state index contributed by atoms with van der Waals surface area (Å²) in [4.78, 5) is 1.69. The fourth-order valence-electron chi connectivity index (χ4n) is 1.77. The van der Waals surface area contributed by atoms with Crippen LogP contribution in [0.25, 0.3) is 0 Å². The molecule has 0 aromatic rings. The van der Waals surface area contributed by atoms with Crippen molar-refractivity contribution in [2.45, 2.75) is 37.6 Å². The molecule has 0 saturated carbocycles. The third-order valence-corrected chi connectivity index (χ3v) is 2.87. The number of rotatable bonds is 3. The maximum Gasteiger partial charge on any atom is 0.173 e. The third-order valence-electron chi connectivity index (χ3n) is 2.87. The van der Waals surface area contributed by atoms with Gasteiger partial charge in [0.2, 0.25) is 0 Å².